The summed E-state index contributed by atoms with van der Waals surface area (Å²) in [4.78, 5) is 18.8. The average molecular weight is 322 g/mol. The van der Waals surface area contributed by atoms with Crippen LogP contribution in [0.15, 0.2) is 6.33 Å². The molecule has 2 amide bonds. The number of likely N-dealkylation sites (tertiary alicyclic amines) is 1. The second-order valence-corrected chi connectivity index (χ2v) is 6.38. The smallest absolute Gasteiger partial charge is 0.320 e. The number of carbonyl (C=O) groups excluding carboxylic acids is 1. The number of carbonyl (C=O) groups is 1. The van der Waals surface area contributed by atoms with E-state index < -0.39 is 0 Å². The van der Waals surface area contributed by atoms with E-state index in [-0.39, 0.29) is 12.1 Å². The predicted octanol–water partition coefficient (Wildman–Crippen LogP) is 0.164. The van der Waals surface area contributed by atoms with Gasteiger partial charge in [0, 0.05) is 39.8 Å². The Balaban J connectivity index is 1.56. The summed E-state index contributed by atoms with van der Waals surface area (Å²) in [5, 5.41) is 8.09. The van der Waals surface area contributed by atoms with Crippen molar-refractivity contribution in [3.05, 3.63) is 12.2 Å². The number of hydrogen-bond acceptors (Lipinski definition) is 5. The number of ether oxygens (including phenoxy) is 1. The van der Waals surface area contributed by atoms with Crippen LogP contribution in [-0.4, -0.2) is 88.0 Å². The molecule has 2 fully saturated rings. The highest BCUT2D eigenvalue weighted by atomic mass is 16.5. The minimum absolute atomic E-state index is 0.124. The lowest BCUT2D eigenvalue weighted by Gasteiger charge is -2.40. The Kier molecular flexibility index (Phi) is 5.12. The lowest BCUT2D eigenvalue weighted by molar-refractivity contribution is 0.0364. The molecule has 1 atom stereocenters. The van der Waals surface area contributed by atoms with Crippen molar-refractivity contribution in [1.29, 1.82) is 0 Å². The molecular formula is C15H26N6O2. The number of morpholine rings is 1. The molecule has 8 heteroatoms. The Morgan fingerprint density at radius 2 is 2.17 bits per heavy atom. The van der Waals surface area contributed by atoms with Crippen LogP contribution < -0.4 is 0 Å². The second kappa shape index (κ2) is 7.27. The van der Waals surface area contributed by atoms with Crippen molar-refractivity contribution < 1.29 is 9.53 Å². The van der Waals surface area contributed by atoms with Gasteiger partial charge in [-0.25, -0.2) is 4.79 Å². The van der Waals surface area contributed by atoms with Crippen LogP contribution in [0.1, 0.15) is 18.7 Å². The maximum Gasteiger partial charge on any atom is 0.320 e. The minimum Gasteiger partial charge on any atom is -0.378 e. The number of hydrogen-bond donors (Lipinski definition) is 0. The molecule has 1 aromatic heterocycles. The van der Waals surface area contributed by atoms with Crippen LogP contribution in [0.2, 0.25) is 0 Å². The highest BCUT2D eigenvalue weighted by molar-refractivity contribution is 5.74. The number of piperidine rings is 1. The van der Waals surface area contributed by atoms with Gasteiger partial charge in [-0.3, -0.25) is 4.90 Å². The van der Waals surface area contributed by atoms with Crippen LogP contribution in [0.25, 0.3) is 0 Å². The first-order valence-electron chi connectivity index (χ1n) is 8.30. The minimum atomic E-state index is 0.124. The lowest BCUT2D eigenvalue weighted by Crippen LogP contribution is -2.54. The zero-order chi connectivity index (χ0) is 16.2. The van der Waals surface area contributed by atoms with Gasteiger partial charge in [0.25, 0.3) is 0 Å². The van der Waals surface area contributed by atoms with E-state index in [2.05, 4.69) is 15.1 Å². The molecule has 2 aliphatic rings. The van der Waals surface area contributed by atoms with Crippen LogP contribution in [0.5, 0.6) is 0 Å². The van der Waals surface area contributed by atoms with Gasteiger partial charge in [0.05, 0.1) is 19.8 Å². The van der Waals surface area contributed by atoms with Crippen LogP contribution in [0.4, 0.5) is 4.79 Å². The predicted molar refractivity (Wildman–Crippen MR) is 84.9 cm³/mol. The van der Waals surface area contributed by atoms with Crippen molar-refractivity contribution in [3.8, 4) is 0 Å². The maximum absolute atomic E-state index is 12.6. The Morgan fingerprint density at radius 1 is 1.39 bits per heavy atom. The van der Waals surface area contributed by atoms with Crippen LogP contribution in [0.3, 0.4) is 0 Å². The third kappa shape index (κ3) is 3.81. The first-order valence-corrected chi connectivity index (χ1v) is 8.30. The van der Waals surface area contributed by atoms with Crippen LogP contribution in [0, 0.1) is 0 Å². The third-order valence-corrected chi connectivity index (χ3v) is 4.78. The molecule has 0 radical (unpaired) electrons. The van der Waals surface area contributed by atoms with E-state index in [1.54, 1.807) is 6.33 Å². The zero-order valence-electron chi connectivity index (χ0n) is 14.0. The first kappa shape index (κ1) is 16.2. The summed E-state index contributed by atoms with van der Waals surface area (Å²) in [6.07, 6.45) is 3.88. The highest BCUT2D eigenvalue weighted by Crippen LogP contribution is 2.18. The fraction of sp³-hybridized carbons (Fsp3) is 0.800. The largest absolute Gasteiger partial charge is 0.378 e. The standard InChI is InChI=1S/C15H26N6O2/c1-18-12-16-17-14(18)11-20-5-3-4-13(10-20)19(2)15(22)21-6-8-23-9-7-21/h12-13H,3-11H2,1-2H3. The van der Waals surface area contributed by atoms with E-state index in [4.69, 9.17) is 4.74 Å². The molecular weight excluding hydrogens is 296 g/mol. The SMILES string of the molecule is CN(C(=O)N1CCOCC1)C1CCCN(Cc2nncn2C)C1. The van der Waals surface area contributed by atoms with Gasteiger partial charge in [-0.1, -0.05) is 0 Å². The molecule has 2 aliphatic heterocycles. The molecule has 1 aromatic rings. The van der Waals surface area contributed by atoms with Crippen LogP contribution >= 0.6 is 0 Å². The van der Waals surface area contributed by atoms with Gasteiger partial charge in [-0.05, 0) is 19.4 Å². The highest BCUT2D eigenvalue weighted by Gasteiger charge is 2.29. The van der Waals surface area contributed by atoms with Crippen molar-refractivity contribution in [2.75, 3.05) is 46.4 Å². The quantitative estimate of drug-likeness (QED) is 0.793. The van der Waals surface area contributed by atoms with Gasteiger partial charge < -0.3 is 19.1 Å². The fourth-order valence-electron chi connectivity index (χ4n) is 3.28. The summed E-state index contributed by atoms with van der Waals surface area (Å²) in [5.74, 6) is 0.966. The van der Waals surface area contributed by atoms with Crippen LogP contribution in [-0.2, 0) is 18.3 Å². The Bertz CT molecular complexity index is 528. The number of aryl methyl sites for hydroxylation is 1. The number of rotatable bonds is 3. The summed E-state index contributed by atoms with van der Waals surface area (Å²) in [6, 6.07) is 0.381. The van der Waals surface area contributed by atoms with Gasteiger partial charge in [-0.15, -0.1) is 10.2 Å². The molecule has 3 rings (SSSR count). The first-order chi connectivity index (χ1) is 11.1. The third-order valence-electron chi connectivity index (χ3n) is 4.78. The monoisotopic (exact) mass is 322 g/mol. The molecule has 8 nitrogen and oxygen atoms in total. The van der Waals surface area contributed by atoms with Crippen molar-refractivity contribution >= 4 is 6.03 Å². The zero-order valence-corrected chi connectivity index (χ0v) is 14.0. The summed E-state index contributed by atoms with van der Waals surface area (Å²) in [6.45, 7) is 5.39. The lowest BCUT2D eigenvalue weighted by atomic mass is 10.0. The summed E-state index contributed by atoms with van der Waals surface area (Å²) < 4.78 is 7.28. The van der Waals surface area contributed by atoms with Gasteiger partial charge >= 0.3 is 6.03 Å². The molecule has 2 saturated heterocycles. The van der Waals surface area contributed by atoms with E-state index in [0.29, 0.717) is 26.3 Å². The molecule has 128 valence electrons. The van der Waals surface area contributed by atoms with Gasteiger partial charge in [0.15, 0.2) is 0 Å². The number of urea groups is 1. The summed E-state index contributed by atoms with van der Waals surface area (Å²) in [7, 11) is 3.89. The summed E-state index contributed by atoms with van der Waals surface area (Å²) in [5.41, 5.74) is 0. The van der Waals surface area contributed by atoms with Gasteiger partial charge in [0.1, 0.15) is 12.2 Å². The molecule has 1 unspecified atom stereocenters. The average Bonchev–Trinajstić information content (AvgIpc) is 2.99. The maximum atomic E-state index is 12.6. The molecule has 0 spiro atoms. The van der Waals surface area contributed by atoms with Crippen molar-refractivity contribution in [1.82, 2.24) is 29.5 Å². The summed E-state index contributed by atoms with van der Waals surface area (Å²) >= 11 is 0. The van der Waals surface area contributed by atoms with Crippen molar-refractivity contribution in [2.24, 2.45) is 7.05 Å². The van der Waals surface area contributed by atoms with E-state index >= 15 is 0 Å². The Labute approximate surface area is 137 Å². The normalized spacial score (nSPS) is 23.0. The molecule has 0 N–H and O–H groups in total. The molecule has 0 saturated carbocycles. The van der Waals surface area contributed by atoms with E-state index in [1.807, 2.05) is 28.5 Å². The Morgan fingerprint density at radius 3 is 2.87 bits per heavy atom. The Hall–Kier alpha value is -1.67. The number of likely N-dealkylation sites (N-methyl/N-ethyl adjacent to an activating group) is 1. The second-order valence-electron chi connectivity index (χ2n) is 6.38. The molecule has 0 aliphatic carbocycles. The fourth-order valence-corrected chi connectivity index (χ4v) is 3.28. The molecule has 3 heterocycles. The van der Waals surface area contributed by atoms with E-state index in [9.17, 15) is 4.79 Å². The van der Waals surface area contributed by atoms with Crippen molar-refractivity contribution in [3.63, 3.8) is 0 Å². The van der Waals surface area contributed by atoms with Gasteiger partial charge in [-0.2, -0.15) is 0 Å². The number of aromatic nitrogens is 3. The van der Waals surface area contributed by atoms with Crippen molar-refractivity contribution in [2.45, 2.75) is 25.4 Å². The molecule has 23 heavy (non-hydrogen) atoms. The topological polar surface area (TPSA) is 66.7 Å². The number of amides is 2. The van der Waals surface area contributed by atoms with E-state index in [0.717, 1.165) is 38.3 Å². The number of nitrogens with zero attached hydrogens (tertiary/aromatic N) is 6. The molecule has 0 bridgehead atoms. The van der Waals surface area contributed by atoms with Gasteiger partial charge in [0.2, 0.25) is 0 Å². The molecule has 0 aromatic carbocycles. The van der Waals surface area contributed by atoms with E-state index in [1.165, 1.54) is 0 Å².